The van der Waals surface area contributed by atoms with E-state index in [0.717, 1.165) is 12.8 Å². The van der Waals surface area contributed by atoms with Crippen LogP contribution in [0.5, 0.6) is 11.8 Å². The maximum absolute atomic E-state index is 6.24. The van der Waals surface area contributed by atoms with Gasteiger partial charge in [0.1, 0.15) is 12.4 Å². The standard InChI is InChI=1S/C13H21N3O2/c1-3-17-11-8-12(16-10(2)15-11)18-9-13(14)6-4-5-7-13/h8H,3-7,9,14H2,1-2H3. The summed E-state index contributed by atoms with van der Waals surface area (Å²) in [6.45, 7) is 4.83. The normalized spacial score (nSPS) is 17.7. The molecular formula is C13H21N3O2. The van der Waals surface area contributed by atoms with Gasteiger partial charge in [0.15, 0.2) is 0 Å². The zero-order chi connectivity index (χ0) is 13.0. The van der Waals surface area contributed by atoms with Crippen molar-refractivity contribution in [1.29, 1.82) is 0 Å². The first kappa shape index (κ1) is 13.1. The molecule has 1 fully saturated rings. The highest BCUT2D eigenvalue weighted by Crippen LogP contribution is 2.28. The van der Waals surface area contributed by atoms with Crippen LogP contribution in [0.4, 0.5) is 0 Å². The first-order chi connectivity index (χ1) is 8.61. The Morgan fingerprint density at radius 2 is 1.83 bits per heavy atom. The molecule has 1 heterocycles. The van der Waals surface area contributed by atoms with E-state index in [-0.39, 0.29) is 5.54 Å². The van der Waals surface area contributed by atoms with Gasteiger partial charge in [-0.25, -0.2) is 0 Å². The molecule has 100 valence electrons. The SMILES string of the molecule is CCOc1cc(OCC2(N)CCCC2)nc(C)n1. The number of ether oxygens (including phenoxy) is 2. The summed E-state index contributed by atoms with van der Waals surface area (Å²) in [5.41, 5.74) is 6.05. The van der Waals surface area contributed by atoms with E-state index in [9.17, 15) is 0 Å². The second-order valence-corrected chi connectivity index (χ2v) is 4.88. The number of hydrogen-bond donors (Lipinski definition) is 1. The van der Waals surface area contributed by atoms with Crippen molar-refractivity contribution in [2.75, 3.05) is 13.2 Å². The quantitative estimate of drug-likeness (QED) is 0.864. The van der Waals surface area contributed by atoms with Crippen LogP contribution in [-0.2, 0) is 0 Å². The van der Waals surface area contributed by atoms with Crippen LogP contribution >= 0.6 is 0 Å². The molecule has 0 radical (unpaired) electrons. The van der Waals surface area contributed by atoms with E-state index in [1.807, 2.05) is 13.8 Å². The molecule has 1 saturated carbocycles. The van der Waals surface area contributed by atoms with Gasteiger partial charge in [-0.2, -0.15) is 9.97 Å². The highest BCUT2D eigenvalue weighted by molar-refractivity contribution is 5.20. The molecule has 0 amide bonds. The fourth-order valence-electron chi connectivity index (χ4n) is 2.25. The Labute approximate surface area is 108 Å². The molecule has 1 aromatic rings. The van der Waals surface area contributed by atoms with E-state index >= 15 is 0 Å². The third-order valence-corrected chi connectivity index (χ3v) is 3.19. The number of nitrogens with zero attached hydrogens (tertiary/aromatic N) is 2. The van der Waals surface area contributed by atoms with Crippen molar-refractivity contribution in [2.45, 2.75) is 45.1 Å². The average molecular weight is 251 g/mol. The molecule has 0 spiro atoms. The molecule has 5 heteroatoms. The summed E-state index contributed by atoms with van der Waals surface area (Å²) in [4.78, 5) is 8.42. The second kappa shape index (κ2) is 5.52. The van der Waals surface area contributed by atoms with E-state index in [0.29, 0.717) is 30.8 Å². The minimum Gasteiger partial charge on any atom is -0.478 e. The Balaban J connectivity index is 2.00. The van der Waals surface area contributed by atoms with Crippen LogP contribution in [-0.4, -0.2) is 28.7 Å². The molecule has 18 heavy (non-hydrogen) atoms. The topological polar surface area (TPSA) is 70.3 Å². The molecular weight excluding hydrogens is 230 g/mol. The van der Waals surface area contributed by atoms with Crippen molar-refractivity contribution in [3.8, 4) is 11.8 Å². The first-order valence-electron chi connectivity index (χ1n) is 6.51. The molecule has 0 aliphatic heterocycles. The Morgan fingerprint density at radius 1 is 1.22 bits per heavy atom. The summed E-state index contributed by atoms with van der Waals surface area (Å²) >= 11 is 0. The first-order valence-corrected chi connectivity index (χ1v) is 6.51. The predicted molar refractivity (Wildman–Crippen MR) is 68.8 cm³/mol. The number of aromatic nitrogens is 2. The second-order valence-electron chi connectivity index (χ2n) is 4.88. The zero-order valence-electron chi connectivity index (χ0n) is 11.1. The summed E-state index contributed by atoms with van der Waals surface area (Å²) in [5, 5.41) is 0. The largest absolute Gasteiger partial charge is 0.478 e. The lowest BCUT2D eigenvalue weighted by atomic mass is 10.0. The van der Waals surface area contributed by atoms with E-state index in [4.69, 9.17) is 15.2 Å². The molecule has 1 aromatic heterocycles. The Morgan fingerprint density at radius 3 is 2.44 bits per heavy atom. The summed E-state index contributed by atoms with van der Waals surface area (Å²) in [5.74, 6) is 1.74. The smallest absolute Gasteiger partial charge is 0.220 e. The summed E-state index contributed by atoms with van der Waals surface area (Å²) < 4.78 is 11.1. The summed E-state index contributed by atoms with van der Waals surface area (Å²) in [7, 11) is 0. The Kier molecular flexibility index (Phi) is 4.01. The molecule has 1 aliphatic rings. The van der Waals surface area contributed by atoms with Gasteiger partial charge in [0.05, 0.1) is 18.2 Å². The number of nitrogens with two attached hydrogens (primary N) is 1. The van der Waals surface area contributed by atoms with Crippen molar-refractivity contribution in [2.24, 2.45) is 5.73 Å². The van der Waals surface area contributed by atoms with Gasteiger partial charge in [0.25, 0.3) is 0 Å². The fourth-order valence-corrected chi connectivity index (χ4v) is 2.25. The molecule has 0 unspecified atom stereocenters. The van der Waals surface area contributed by atoms with Crippen molar-refractivity contribution in [3.63, 3.8) is 0 Å². The molecule has 2 N–H and O–H groups in total. The van der Waals surface area contributed by atoms with Crippen molar-refractivity contribution in [1.82, 2.24) is 9.97 Å². The molecule has 0 aromatic carbocycles. The van der Waals surface area contributed by atoms with Crippen LogP contribution in [0.2, 0.25) is 0 Å². The van der Waals surface area contributed by atoms with Crippen molar-refractivity contribution < 1.29 is 9.47 Å². The highest BCUT2D eigenvalue weighted by atomic mass is 16.5. The summed E-state index contributed by atoms with van der Waals surface area (Å²) in [6, 6.07) is 1.72. The summed E-state index contributed by atoms with van der Waals surface area (Å²) in [6.07, 6.45) is 4.42. The highest BCUT2D eigenvalue weighted by Gasteiger charge is 2.30. The van der Waals surface area contributed by atoms with Gasteiger partial charge in [-0.05, 0) is 26.7 Å². The fraction of sp³-hybridized carbons (Fsp3) is 0.692. The molecule has 1 aliphatic carbocycles. The van der Waals surface area contributed by atoms with Crippen LogP contribution in [0.3, 0.4) is 0 Å². The lowest BCUT2D eigenvalue weighted by molar-refractivity contribution is 0.211. The van der Waals surface area contributed by atoms with Crippen LogP contribution in [0.1, 0.15) is 38.4 Å². The van der Waals surface area contributed by atoms with Gasteiger partial charge >= 0.3 is 0 Å². The third-order valence-electron chi connectivity index (χ3n) is 3.19. The predicted octanol–water partition coefficient (Wildman–Crippen LogP) is 1.83. The number of rotatable bonds is 5. The van der Waals surface area contributed by atoms with Gasteiger partial charge in [-0.15, -0.1) is 0 Å². The van der Waals surface area contributed by atoms with Crippen LogP contribution in [0.25, 0.3) is 0 Å². The van der Waals surface area contributed by atoms with Gasteiger partial charge in [-0.1, -0.05) is 12.8 Å². The average Bonchev–Trinajstić information content (AvgIpc) is 2.74. The van der Waals surface area contributed by atoms with Gasteiger partial charge in [0, 0.05) is 0 Å². The van der Waals surface area contributed by atoms with Crippen molar-refractivity contribution >= 4 is 0 Å². The van der Waals surface area contributed by atoms with Crippen LogP contribution < -0.4 is 15.2 Å². The Hall–Kier alpha value is -1.36. The molecule has 5 nitrogen and oxygen atoms in total. The number of hydrogen-bond acceptors (Lipinski definition) is 5. The lowest BCUT2D eigenvalue weighted by Crippen LogP contribution is -2.42. The Bertz CT molecular complexity index is 403. The minimum absolute atomic E-state index is 0.190. The monoisotopic (exact) mass is 251 g/mol. The maximum Gasteiger partial charge on any atom is 0.220 e. The molecule has 0 bridgehead atoms. The van der Waals surface area contributed by atoms with E-state index in [2.05, 4.69) is 9.97 Å². The van der Waals surface area contributed by atoms with Crippen molar-refractivity contribution in [3.05, 3.63) is 11.9 Å². The van der Waals surface area contributed by atoms with Gasteiger partial charge < -0.3 is 15.2 Å². The van der Waals surface area contributed by atoms with Gasteiger partial charge in [0.2, 0.25) is 11.8 Å². The van der Waals surface area contributed by atoms with E-state index in [1.54, 1.807) is 6.07 Å². The lowest BCUT2D eigenvalue weighted by Gasteiger charge is -2.23. The molecule has 0 atom stereocenters. The van der Waals surface area contributed by atoms with E-state index < -0.39 is 0 Å². The van der Waals surface area contributed by atoms with E-state index in [1.165, 1.54) is 12.8 Å². The van der Waals surface area contributed by atoms with Crippen LogP contribution in [0.15, 0.2) is 6.07 Å². The molecule has 2 rings (SSSR count). The number of aryl methyl sites for hydroxylation is 1. The molecule has 0 saturated heterocycles. The van der Waals surface area contributed by atoms with Gasteiger partial charge in [-0.3, -0.25) is 0 Å². The minimum atomic E-state index is -0.190. The maximum atomic E-state index is 6.24. The third kappa shape index (κ3) is 3.32. The zero-order valence-corrected chi connectivity index (χ0v) is 11.1. The van der Waals surface area contributed by atoms with Crippen LogP contribution in [0, 0.1) is 6.92 Å².